The Hall–Kier alpha value is -0.660. The van der Waals surface area contributed by atoms with E-state index >= 15 is 0 Å². The van der Waals surface area contributed by atoms with E-state index in [4.69, 9.17) is 11.6 Å². The third-order valence-electron chi connectivity index (χ3n) is 2.53. The molecule has 0 aliphatic carbocycles. The molecule has 0 spiro atoms. The highest BCUT2D eigenvalue weighted by atomic mass is 127. The number of nitrogens with one attached hydrogen (secondary N) is 1. The first kappa shape index (κ1) is 14.7. The highest BCUT2D eigenvalue weighted by Crippen LogP contribution is 2.19. The molecule has 2 heterocycles. The van der Waals surface area contributed by atoms with E-state index in [1.807, 2.05) is 18.5 Å². The molecule has 0 fully saturated rings. The normalized spacial score (nSPS) is 11.2. The average Bonchev–Trinajstić information content (AvgIpc) is 2.75. The summed E-state index contributed by atoms with van der Waals surface area (Å²) in [5, 5.41) is 8.19. The van der Waals surface area contributed by atoms with Crippen LogP contribution in [0, 0.1) is 9.49 Å². The fraction of sp³-hybridized carbons (Fsp3) is 0.385. The molecule has 4 nitrogen and oxygen atoms in total. The molecule has 0 unspecified atom stereocenters. The Morgan fingerprint density at radius 3 is 2.79 bits per heavy atom. The molecule has 2 aromatic rings. The number of nitrogens with zero attached hydrogens (tertiary/aromatic N) is 3. The van der Waals surface area contributed by atoms with Crippen LogP contribution in [0.5, 0.6) is 0 Å². The van der Waals surface area contributed by atoms with Crippen LogP contribution in [0.2, 0.25) is 5.02 Å². The summed E-state index contributed by atoms with van der Waals surface area (Å²) in [5.41, 5.74) is 1.08. The van der Waals surface area contributed by atoms with E-state index in [1.54, 1.807) is 10.9 Å². The quantitative estimate of drug-likeness (QED) is 0.797. The molecule has 0 aliphatic heterocycles. The summed E-state index contributed by atoms with van der Waals surface area (Å²) in [6.07, 6.45) is 5.51. The summed E-state index contributed by atoms with van der Waals surface area (Å²) in [5.74, 6) is 1.30. The third-order valence-corrected chi connectivity index (χ3v) is 3.36. The zero-order valence-corrected chi connectivity index (χ0v) is 13.8. The van der Waals surface area contributed by atoms with Gasteiger partial charge in [-0.15, -0.1) is 0 Å². The van der Waals surface area contributed by atoms with Crippen LogP contribution in [0.3, 0.4) is 0 Å². The van der Waals surface area contributed by atoms with E-state index in [9.17, 15) is 0 Å². The minimum Gasteiger partial charge on any atom is -0.312 e. The Morgan fingerprint density at radius 2 is 2.21 bits per heavy atom. The Kier molecular flexibility index (Phi) is 5.18. The van der Waals surface area contributed by atoms with Gasteiger partial charge in [0.15, 0.2) is 5.82 Å². The zero-order valence-electron chi connectivity index (χ0n) is 10.9. The van der Waals surface area contributed by atoms with Crippen molar-refractivity contribution in [2.24, 2.45) is 5.92 Å². The minimum absolute atomic E-state index is 0.614. The van der Waals surface area contributed by atoms with Crippen molar-refractivity contribution >= 4 is 34.2 Å². The third kappa shape index (κ3) is 4.15. The number of hydrogen-bond donors (Lipinski definition) is 1. The van der Waals surface area contributed by atoms with E-state index in [-0.39, 0.29) is 0 Å². The van der Waals surface area contributed by atoms with Crippen LogP contribution in [-0.4, -0.2) is 21.3 Å². The summed E-state index contributed by atoms with van der Waals surface area (Å²) < 4.78 is 2.74. The van der Waals surface area contributed by atoms with Gasteiger partial charge in [-0.3, -0.25) is 0 Å². The fourth-order valence-corrected chi connectivity index (χ4v) is 2.32. The predicted octanol–water partition coefficient (Wildman–Crippen LogP) is 3.27. The minimum atomic E-state index is 0.614. The van der Waals surface area contributed by atoms with Crippen molar-refractivity contribution in [3.05, 3.63) is 38.8 Å². The maximum absolute atomic E-state index is 6.26. The number of pyridine rings is 1. The molecular formula is C13H16ClIN4. The molecule has 2 aromatic heterocycles. The molecule has 102 valence electrons. The molecule has 0 radical (unpaired) electrons. The molecule has 0 aliphatic rings. The van der Waals surface area contributed by atoms with Crippen LogP contribution in [0.4, 0.5) is 0 Å². The van der Waals surface area contributed by atoms with Crippen LogP contribution < -0.4 is 5.32 Å². The van der Waals surface area contributed by atoms with Crippen LogP contribution >= 0.6 is 34.2 Å². The highest BCUT2D eigenvalue weighted by molar-refractivity contribution is 14.1. The van der Waals surface area contributed by atoms with Gasteiger partial charge in [0.25, 0.3) is 0 Å². The van der Waals surface area contributed by atoms with Gasteiger partial charge in [-0.25, -0.2) is 9.67 Å². The number of halogens is 2. The molecule has 1 N–H and O–H groups in total. The Balaban J connectivity index is 2.09. The molecule has 0 saturated heterocycles. The topological polar surface area (TPSA) is 42.7 Å². The summed E-state index contributed by atoms with van der Waals surface area (Å²) >= 11 is 8.47. The van der Waals surface area contributed by atoms with Crippen molar-refractivity contribution < 1.29 is 0 Å². The predicted molar refractivity (Wildman–Crippen MR) is 85.6 cm³/mol. The first-order valence-electron chi connectivity index (χ1n) is 6.12. The van der Waals surface area contributed by atoms with Gasteiger partial charge in [-0.05, 0) is 46.7 Å². The van der Waals surface area contributed by atoms with Crippen LogP contribution in [0.25, 0.3) is 5.82 Å². The van der Waals surface area contributed by atoms with Crippen molar-refractivity contribution in [2.75, 3.05) is 6.54 Å². The van der Waals surface area contributed by atoms with Gasteiger partial charge in [0.1, 0.15) is 0 Å². The number of aromatic nitrogens is 3. The number of rotatable bonds is 5. The molecule has 0 bridgehead atoms. The van der Waals surface area contributed by atoms with E-state index in [2.05, 4.69) is 51.8 Å². The number of hydrogen-bond acceptors (Lipinski definition) is 3. The second-order valence-corrected chi connectivity index (χ2v) is 6.43. The average molecular weight is 391 g/mol. The smallest absolute Gasteiger partial charge is 0.172 e. The van der Waals surface area contributed by atoms with E-state index < -0.39 is 0 Å². The lowest BCUT2D eigenvalue weighted by molar-refractivity contribution is 0.552. The molecule has 6 heteroatoms. The van der Waals surface area contributed by atoms with Gasteiger partial charge in [0, 0.05) is 18.9 Å². The van der Waals surface area contributed by atoms with E-state index in [0.717, 1.165) is 22.2 Å². The van der Waals surface area contributed by atoms with Crippen molar-refractivity contribution in [1.29, 1.82) is 0 Å². The van der Waals surface area contributed by atoms with E-state index in [1.165, 1.54) is 0 Å². The van der Waals surface area contributed by atoms with Crippen LogP contribution in [-0.2, 0) is 6.54 Å². The summed E-state index contributed by atoms with van der Waals surface area (Å²) in [6, 6.07) is 1.94. The zero-order chi connectivity index (χ0) is 13.8. The monoisotopic (exact) mass is 390 g/mol. The van der Waals surface area contributed by atoms with Crippen molar-refractivity contribution in [1.82, 2.24) is 20.1 Å². The van der Waals surface area contributed by atoms with E-state index in [0.29, 0.717) is 16.8 Å². The maximum atomic E-state index is 6.26. The van der Waals surface area contributed by atoms with Gasteiger partial charge in [0.2, 0.25) is 0 Å². The van der Waals surface area contributed by atoms with Gasteiger partial charge in [-0.1, -0.05) is 25.4 Å². The van der Waals surface area contributed by atoms with Gasteiger partial charge < -0.3 is 5.32 Å². The molecule has 0 atom stereocenters. The largest absolute Gasteiger partial charge is 0.312 e. The first-order chi connectivity index (χ1) is 9.06. The second kappa shape index (κ2) is 6.67. The molecule has 0 amide bonds. The first-order valence-corrected chi connectivity index (χ1v) is 7.57. The standard InChI is InChI=1S/C13H16ClIN4/c1-9(2)4-16-5-10-3-12(14)13(17-6-10)19-8-11(15)7-18-19/h3,6-9,16H,4-5H2,1-2H3. The second-order valence-electron chi connectivity index (χ2n) is 4.78. The molecule has 0 saturated carbocycles. The summed E-state index contributed by atoms with van der Waals surface area (Å²) in [4.78, 5) is 4.38. The van der Waals surface area contributed by atoms with Crippen molar-refractivity contribution in [2.45, 2.75) is 20.4 Å². The van der Waals surface area contributed by atoms with Crippen molar-refractivity contribution in [3.63, 3.8) is 0 Å². The fourth-order valence-electron chi connectivity index (χ4n) is 1.66. The molecule has 2 rings (SSSR count). The molecular weight excluding hydrogens is 375 g/mol. The summed E-state index contributed by atoms with van der Waals surface area (Å²) in [7, 11) is 0. The lowest BCUT2D eigenvalue weighted by Gasteiger charge is -2.09. The lowest BCUT2D eigenvalue weighted by Crippen LogP contribution is -2.19. The highest BCUT2D eigenvalue weighted by Gasteiger charge is 2.07. The van der Waals surface area contributed by atoms with Gasteiger partial charge in [-0.2, -0.15) is 5.10 Å². The Bertz CT molecular complexity index is 553. The van der Waals surface area contributed by atoms with Crippen molar-refractivity contribution in [3.8, 4) is 5.82 Å². The van der Waals surface area contributed by atoms with Crippen LogP contribution in [0.15, 0.2) is 24.7 Å². The van der Waals surface area contributed by atoms with Gasteiger partial charge in [0.05, 0.1) is 14.8 Å². The molecule has 19 heavy (non-hydrogen) atoms. The SMILES string of the molecule is CC(C)CNCc1cnc(-n2cc(I)cn2)c(Cl)c1. The Morgan fingerprint density at radius 1 is 1.42 bits per heavy atom. The lowest BCUT2D eigenvalue weighted by atomic mass is 10.2. The van der Waals surface area contributed by atoms with Gasteiger partial charge >= 0.3 is 0 Å². The molecule has 0 aromatic carbocycles. The summed E-state index contributed by atoms with van der Waals surface area (Å²) in [6.45, 7) is 6.12. The van der Waals surface area contributed by atoms with Crippen LogP contribution in [0.1, 0.15) is 19.4 Å². The maximum Gasteiger partial charge on any atom is 0.172 e. The Labute approximate surface area is 131 Å².